The van der Waals surface area contributed by atoms with Crippen LogP contribution in [0.1, 0.15) is 6.42 Å². The van der Waals surface area contributed by atoms with Crippen molar-refractivity contribution in [3.05, 3.63) is 30.6 Å². The number of nitrogens with one attached hydrogen (secondary N) is 2. The van der Waals surface area contributed by atoms with Crippen molar-refractivity contribution in [3.63, 3.8) is 0 Å². The average molecular weight is 317 g/mol. The Balaban J connectivity index is 2.06. The summed E-state index contributed by atoms with van der Waals surface area (Å²) in [5.41, 5.74) is 6.39. The van der Waals surface area contributed by atoms with Crippen LogP contribution in [0.25, 0.3) is 0 Å². The highest BCUT2D eigenvalue weighted by molar-refractivity contribution is 5.89. The van der Waals surface area contributed by atoms with Crippen molar-refractivity contribution < 1.29 is 14.3 Å². The van der Waals surface area contributed by atoms with Gasteiger partial charge >= 0.3 is 0 Å². The van der Waals surface area contributed by atoms with E-state index < -0.39 is 0 Å². The maximum absolute atomic E-state index is 11.7. The van der Waals surface area contributed by atoms with Crippen molar-refractivity contribution in [2.45, 2.75) is 6.42 Å². The second-order valence-corrected chi connectivity index (χ2v) is 4.62. The summed E-state index contributed by atoms with van der Waals surface area (Å²) in [6, 6.07) is 5.04. The van der Waals surface area contributed by atoms with Crippen molar-refractivity contribution >= 4 is 23.2 Å². The summed E-state index contributed by atoms with van der Waals surface area (Å²) >= 11 is 0. The molecule has 0 fully saturated rings. The topological polar surface area (TPSA) is 111 Å². The molecule has 0 radical (unpaired) electrons. The van der Waals surface area contributed by atoms with Crippen LogP contribution in [0.5, 0.6) is 11.5 Å². The van der Waals surface area contributed by atoms with Crippen LogP contribution < -0.4 is 21.1 Å². The van der Waals surface area contributed by atoms with Gasteiger partial charge in [0.15, 0.2) is 0 Å². The van der Waals surface area contributed by atoms with Gasteiger partial charge in [-0.05, 0) is 6.07 Å². The largest absolute Gasteiger partial charge is 0.455 e. The molecule has 0 aliphatic heterocycles. The molecule has 0 unspecified atom stereocenters. The zero-order chi connectivity index (χ0) is 16.7. The van der Waals surface area contributed by atoms with E-state index in [1.54, 1.807) is 38.6 Å². The van der Waals surface area contributed by atoms with Gasteiger partial charge in [-0.25, -0.2) is 9.97 Å². The van der Waals surface area contributed by atoms with E-state index in [1.807, 2.05) is 0 Å². The van der Waals surface area contributed by atoms with Gasteiger partial charge in [0.1, 0.15) is 23.1 Å². The van der Waals surface area contributed by atoms with Gasteiger partial charge in [-0.3, -0.25) is 4.79 Å². The monoisotopic (exact) mass is 317 g/mol. The molecule has 0 saturated heterocycles. The lowest BCUT2D eigenvalue weighted by atomic mass is 10.3. The molecule has 2 rings (SSSR count). The number of nitrogen functional groups attached to an aromatic ring is 1. The predicted octanol–water partition coefficient (Wildman–Crippen LogP) is 1.87. The Labute approximate surface area is 134 Å². The van der Waals surface area contributed by atoms with Crippen molar-refractivity contribution in [3.8, 4) is 11.5 Å². The Hall–Kier alpha value is -2.87. The Morgan fingerprint density at radius 2 is 2.13 bits per heavy atom. The van der Waals surface area contributed by atoms with Crippen molar-refractivity contribution in [1.29, 1.82) is 0 Å². The molecule has 0 aliphatic rings. The quantitative estimate of drug-likeness (QED) is 0.714. The van der Waals surface area contributed by atoms with Gasteiger partial charge in [-0.2, -0.15) is 0 Å². The molecule has 0 aliphatic carbocycles. The first-order valence-electron chi connectivity index (χ1n) is 6.98. The molecule has 8 heteroatoms. The summed E-state index contributed by atoms with van der Waals surface area (Å²) in [4.78, 5) is 19.8. The van der Waals surface area contributed by atoms with Gasteiger partial charge in [0.05, 0.1) is 24.9 Å². The molecule has 23 heavy (non-hydrogen) atoms. The molecule has 0 spiro atoms. The number of nitrogens with zero attached hydrogens (tertiary/aromatic N) is 2. The fourth-order valence-corrected chi connectivity index (χ4v) is 1.79. The lowest BCUT2D eigenvalue weighted by Crippen LogP contribution is -2.14. The van der Waals surface area contributed by atoms with Crippen LogP contribution in [0.2, 0.25) is 0 Å². The van der Waals surface area contributed by atoms with Crippen LogP contribution in [0.4, 0.5) is 17.3 Å². The number of carbonyl (C=O) groups is 1. The van der Waals surface area contributed by atoms with E-state index in [0.29, 0.717) is 35.4 Å². The highest BCUT2D eigenvalue weighted by Gasteiger charge is 2.06. The van der Waals surface area contributed by atoms with Gasteiger partial charge < -0.3 is 25.8 Å². The molecule has 0 bridgehead atoms. The molecule has 0 saturated carbocycles. The third-order valence-electron chi connectivity index (χ3n) is 2.93. The van der Waals surface area contributed by atoms with E-state index in [1.165, 1.54) is 6.20 Å². The van der Waals surface area contributed by atoms with Gasteiger partial charge in [-0.15, -0.1) is 0 Å². The van der Waals surface area contributed by atoms with Crippen molar-refractivity contribution in [1.82, 2.24) is 9.97 Å². The molecule has 4 N–H and O–H groups in total. The first kappa shape index (κ1) is 16.5. The summed E-state index contributed by atoms with van der Waals surface area (Å²) in [5, 5.41) is 5.61. The minimum atomic E-state index is -0.178. The molecule has 0 aromatic carbocycles. The van der Waals surface area contributed by atoms with Crippen LogP contribution in [-0.4, -0.2) is 36.6 Å². The molecule has 8 nitrogen and oxygen atoms in total. The van der Waals surface area contributed by atoms with Gasteiger partial charge in [0.25, 0.3) is 0 Å². The van der Waals surface area contributed by atoms with E-state index in [9.17, 15) is 4.79 Å². The molecule has 0 atom stereocenters. The second kappa shape index (κ2) is 7.95. The number of nitrogens with two attached hydrogens (primary N) is 1. The summed E-state index contributed by atoms with van der Waals surface area (Å²) < 4.78 is 10.6. The van der Waals surface area contributed by atoms with Crippen molar-refractivity contribution in [2.75, 3.05) is 37.1 Å². The molecule has 122 valence electrons. The van der Waals surface area contributed by atoms with Gasteiger partial charge in [0, 0.05) is 32.5 Å². The Morgan fingerprint density at radius 3 is 2.87 bits per heavy atom. The normalized spacial score (nSPS) is 10.2. The van der Waals surface area contributed by atoms with E-state index in [0.717, 1.165) is 0 Å². The minimum Gasteiger partial charge on any atom is -0.455 e. The first-order valence-corrected chi connectivity index (χ1v) is 6.98. The predicted molar refractivity (Wildman–Crippen MR) is 87.6 cm³/mol. The minimum absolute atomic E-state index is 0.178. The number of anilines is 3. The van der Waals surface area contributed by atoms with Crippen LogP contribution in [0, 0.1) is 0 Å². The number of pyridine rings is 2. The molecule has 2 aromatic rings. The number of carbonyl (C=O) groups excluding carboxylic acids is 1. The van der Waals surface area contributed by atoms with E-state index in [2.05, 4.69) is 20.6 Å². The molecule has 2 heterocycles. The van der Waals surface area contributed by atoms with E-state index >= 15 is 0 Å². The van der Waals surface area contributed by atoms with Crippen LogP contribution >= 0.6 is 0 Å². The number of amides is 1. The zero-order valence-electron chi connectivity index (χ0n) is 13.0. The van der Waals surface area contributed by atoms with Crippen LogP contribution in [0.15, 0.2) is 30.6 Å². The fraction of sp³-hybridized carbons (Fsp3) is 0.267. The summed E-state index contributed by atoms with van der Waals surface area (Å²) in [5.74, 6) is 1.66. The lowest BCUT2D eigenvalue weighted by Gasteiger charge is -2.10. The standard InChI is InChI=1S/C15H19N5O3/c1-17-12-7-11(9-19-15(12)16)23-10-3-5-18-13(8-10)20-14(21)4-6-22-2/h3,5,7-9,17H,4,6H2,1-2H3,(H2,16,19)(H,18,20,21). The molecule has 2 aromatic heterocycles. The first-order chi connectivity index (χ1) is 11.1. The highest BCUT2D eigenvalue weighted by Crippen LogP contribution is 2.26. The fourth-order valence-electron chi connectivity index (χ4n) is 1.79. The molecule has 1 amide bonds. The van der Waals surface area contributed by atoms with Crippen molar-refractivity contribution in [2.24, 2.45) is 0 Å². The SMILES string of the molecule is CNc1cc(Oc2ccnc(NC(=O)CCOC)c2)cnc1N. The second-order valence-electron chi connectivity index (χ2n) is 4.62. The molecular weight excluding hydrogens is 298 g/mol. The number of ether oxygens (including phenoxy) is 2. The smallest absolute Gasteiger partial charge is 0.227 e. The Morgan fingerprint density at radius 1 is 1.30 bits per heavy atom. The van der Waals surface area contributed by atoms with E-state index in [-0.39, 0.29) is 12.3 Å². The zero-order valence-corrected chi connectivity index (χ0v) is 13.0. The molecular formula is C15H19N5O3. The lowest BCUT2D eigenvalue weighted by molar-refractivity contribution is -0.117. The Bertz CT molecular complexity index is 678. The van der Waals surface area contributed by atoms with Gasteiger partial charge in [-0.1, -0.05) is 0 Å². The number of methoxy groups -OCH3 is 1. The van der Waals surface area contributed by atoms with Crippen LogP contribution in [-0.2, 0) is 9.53 Å². The summed E-state index contributed by atoms with van der Waals surface area (Å²) in [7, 11) is 3.29. The maximum atomic E-state index is 11.7. The third kappa shape index (κ3) is 4.82. The number of hydrogen-bond acceptors (Lipinski definition) is 7. The summed E-state index contributed by atoms with van der Waals surface area (Å²) in [6.07, 6.45) is 3.33. The highest BCUT2D eigenvalue weighted by atomic mass is 16.5. The van der Waals surface area contributed by atoms with E-state index in [4.69, 9.17) is 15.2 Å². The van der Waals surface area contributed by atoms with Gasteiger partial charge in [0.2, 0.25) is 5.91 Å². The number of hydrogen-bond donors (Lipinski definition) is 3. The number of aromatic nitrogens is 2. The Kier molecular flexibility index (Phi) is 5.70. The third-order valence-corrected chi connectivity index (χ3v) is 2.93. The van der Waals surface area contributed by atoms with Crippen LogP contribution in [0.3, 0.4) is 0 Å². The average Bonchev–Trinajstić information content (AvgIpc) is 2.55. The summed E-state index contributed by atoms with van der Waals surface area (Å²) in [6.45, 7) is 0.353. The number of rotatable bonds is 7. The maximum Gasteiger partial charge on any atom is 0.227 e.